The lowest BCUT2D eigenvalue weighted by Gasteiger charge is -2.39. The minimum atomic E-state index is -0.345. The maximum absolute atomic E-state index is 12.9. The average molecular weight is 421 g/mol. The molecule has 0 saturated carbocycles. The average Bonchev–Trinajstić information content (AvgIpc) is 3.16. The number of carbonyl (C=O) groups is 2. The van der Waals surface area contributed by atoms with Crippen molar-refractivity contribution in [3.8, 4) is 0 Å². The van der Waals surface area contributed by atoms with Crippen molar-refractivity contribution in [1.82, 2.24) is 15.1 Å². The third kappa shape index (κ3) is 3.12. The van der Waals surface area contributed by atoms with Gasteiger partial charge in [-0.15, -0.1) is 0 Å². The number of hydrogen-bond donors (Lipinski definition) is 1. The lowest BCUT2D eigenvalue weighted by Crippen LogP contribution is -2.52. The first-order valence-electron chi connectivity index (χ1n) is 8.71. The van der Waals surface area contributed by atoms with Gasteiger partial charge >= 0.3 is 0 Å². The predicted octanol–water partition coefficient (Wildman–Crippen LogP) is 2.32. The zero-order valence-electron chi connectivity index (χ0n) is 14.8. The van der Waals surface area contributed by atoms with Crippen molar-refractivity contribution in [3.05, 3.63) is 22.7 Å². The zero-order chi connectivity index (χ0) is 18.5. The molecule has 1 unspecified atom stereocenters. The fourth-order valence-corrected chi connectivity index (χ4v) is 4.08. The molecule has 26 heavy (non-hydrogen) atoms. The summed E-state index contributed by atoms with van der Waals surface area (Å²) >= 11 is 3.43. The Balaban J connectivity index is 1.54. The van der Waals surface area contributed by atoms with E-state index in [1.807, 2.05) is 36.9 Å². The van der Waals surface area contributed by atoms with Crippen LogP contribution in [-0.4, -0.2) is 58.8 Å². The molecule has 2 aliphatic heterocycles. The zero-order valence-corrected chi connectivity index (χ0v) is 16.4. The molecule has 7 nitrogen and oxygen atoms in total. The molecule has 0 bridgehead atoms. The van der Waals surface area contributed by atoms with Crippen LogP contribution in [0.5, 0.6) is 0 Å². The molecule has 2 amide bonds. The molecule has 8 heteroatoms. The number of aromatic nitrogens is 2. The Morgan fingerprint density at radius 1 is 1.42 bits per heavy atom. The molecule has 1 aromatic carbocycles. The van der Waals surface area contributed by atoms with Gasteiger partial charge < -0.3 is 9.64 Å². The van der Waals surface area contributed by atoms with E-state index < -0.39 is 0 Å². The Morgan fingerprint density at radius 3 is 3.00 bits per heavy atom. The number of halogens is 1. The van der Waals surface area contributed by atoms with Crippen LogP contribution in [-0.2, 0) is 14.3 Å². The maximum atomic E-state index is 12.9. The molecule has 3 heterocycles. The quantitative estimate of drug-likeness (QED) is 0.808. The van der Waals surface area contributed by atoms with E-state index in [0.717, 1.165) is 15.4 Å². The van der Waals surface area contributed by atoms with Crippen LogP contribution in [0, 0.1) is 5.92 Å². The van der Waals surface area contributed by atoms with E-state index in [2.05, 4.69) is 26.1 Å². The molecule has 2 aliphatic rings. The van der Waals surface area contributed by atoms with Gasteiger partial charge in [-0.05, 0) is 32.0 Å². The van der Waals surface area contributed by atoms with Gasteiger partial charge in [0.2, 0.25) is 11.8 Å². The number of rotatable bonds is 2. The summed E-state index contributed by atoms with van der Waals surface area (Å²) in [5.74, 6) is 0.223. The first-order chi connectivity index (χ1) is 12.3. The van der Waals surface area contributed by atoms with Crippen LogP contribution in [0.15, 0.2) is 22.7 Å². The number of hydrogen-bond acceptors (Lipinski definition) is 4. The molecule has 138 valence electrons. The highest BCUT2D eigenvalue weighted by Crippen LogP contribution is 2.32. The number of aromatic amines is 1. The second-order valence-electron chi connectivity index (χ2n) is 7.51. The molecule has 1 N–H and O–H groups in total. The van der Waals surface area contributed by atoms with E-state index in [-0.39, 0.29) is 29.8 Å². The van der Waals surface area contributed by atoms with E-state index in [1.165, 1.54) is 0 Å². The summed E-state index contributed by atoms with van der Waals surface area (Å²) in [5, 5.41) is 8.15. The molecule has 2 saturated heterocycles. The van der Waals surface area contributed by atoms with Gasteiger partial charge in [-0.3, -0.25) is 19.6 Å². The van der Waals surface area contributed by atoms with Gasteiger partial charge in [0.25, 0.3) is 0 Å². The summed E-state index contributed by atoms with van der Waals surface area (Å²) in [6.45, 7) is 5.98. The summed E-state index contributed by atoms with van der Waals surface area (Å²) in [5.41, 5.74) is 0.508. The molecule has 0 radical (unpaired) electrons. The standard InChI is InChI=1S/C18H21BrN4O3/c1-18(2)10-22(5-6-26-18)17(25)11-7-15(24)23(9-11)16-13-4-3-12(19)8-14(13)20-21-16/h3-4,8,11H,5-7,9-10H2,1-2H3,(H,20,21). The number of anilines is 1. The van der Waals surface area contributed by atoms with E-state index in [1.54, 1.807) is 4.90 Å². The van der Waals surface area contributed by atoms with Crippen molar-refractivity contribution >= 4 is 44.5 Å². The van der Waals surface area contributed by atoms with Crippen molar-refractivity contribution < 1.29 is 14.3 Å². The number of H-pyrrole nitrogens is 1. The van der Waals surface area contributed by atoms with Gasteiger partial charge in [0.05, 0.1) is 23.6 Å². The van der Waals surface area contributed by atoms with Crippen molar-refractivity contribution in [1.29, 1.82) is 0 Å². The largest absolute Gasteiger partial charge is 0.372 e. The van der Waals surface area contributed by atoms with Gasteiger partial charge in [0.15, 0.2) is 5.82 Å². The molecular weight excluding hydrogens is 400 g/mol. The molecule has 4 rings (SSSR count). The number of morpholine rings is 1. The fraction of sp³-hybridized carbons (Fsp3) is 0.500. The fourth-order valence-electron chi connectivity index (χ4n) is 3.72. The highest BCUT2D eigenvalue weighted by Gasteiger charge is 2.40. The summed E-state index contributed by atoms with van der Waals surface area (Å²) in [7, 11) is 0. The lowest BCUT2D eigenvalue weighted by molar-refractivity contribution is -0.149. The molecule has 2 aromatic rings. The summed E-state index contributed by atoms with van der Waals surface area (Å²) in [6.07, 6.45) is 0.224. The molecule has 2 fully saturated rings. The van der Waals surface area contributed by atoms with Gasteiger partial charge in [0.1, 0.15) is 0 Å². The molecule has 1 atom stereocenters. The number of amides is 2. The molecule has 0 spiro atoms. The van der Waals surface area contributed by atoms with E-state index in [4.69, 9.17) is 4.74 Å². The van der Waals surface area contributed by atoms with Gasteiger partial charge in [0, 0.05) is 35.9 Å². The SMILES string of the molecule is CC1(C)CN(C(=O)C2CC(=O)N(c3n[nH]c4cc(Br)ccc34)C2)CCO1. The van der Waals surface area contributed by atoms with Gasteiger partial charge in [-0.25, -0.2) is 0 Å². The summed E-state index contributed by atoms with van der Waals surface area (Å²) in [6, 6.07) is 5.76. The number of carbonyl (C=O) groups excluding carboxylic acids is 2. The first-order valence-corrected chi connectivity index (χ1v) is 9.50. The summed E-state index contributed by atoms with van der Waals surface area (Å²) < 4.78 is 6.62. The smallest absolute Gasteiger partial charge is 0.229 e. The highest BCUT2D eigenvalue weighted by atomic mass is 79.9. The maximum Gasteiger partial charge on any atom is 0.229 e. The number of benzene rings is 1. The minimum absolute atomic E-state index is 0.0276. The van der Waals surface area contributed by atoms with E-state index in [9.17, 15) is 9.59 Å². The number of ether oxygens (including phenoxy) is 1. The third-order valence-corrected chi connectivity index (χ3v) is 5.47. The van der Waals surface area contributed by atoms with Crippen LogP contribution < -0.4 is 4.90 Å². The topological polar surface area (TPSA) is 78.5 Å². The second-order valence-corrected chi connectivity index (χ2v) is 8.43. The van der Waals surface area contributed by atoms with Crippen LogP contribution in [0.4, 0.5) is 5.82 Å². The Hall–Kier alpha value is -1.93. The molecule has 0 aliphatic carbocycles. The number of fused-ring (bicyclic) bond motifs is 1. The Kier molecular flexibility index (Phi) is 4.27. The number of nitrogens with one attached hydrogen (secondary N) is 1. The van der Waals surface area contributed by atoms with E-state index >= 15 is 0 Å². The normalized spacial score (nSPS) is 23.0. The minimum Gasteiger partial charge on any atom is -0.372 e. The van der Waals surface area contributed by atoms with E-state index in [0.29, 0.717) is 32.1 Å². The van der Waals surface area contributed by atoms with Crippen molar-refractivity contribution in [2.75, 3.05) is 31.1 Å². The van der Waals surface area contributed by atoms with Crippen LogP contribution in [0.1, 0.15) is 20.3 Å². The predicted molar refractivity (Wildman–Crippen MR) is 101 cm³/mol. The van der Waals surface area contributed by atoms with Crippen LogP contribution in [0.2, 0.25) is 0 Å². The Labute approximate surface area is 159 Å². The Bertz CT molecular complexity index is 878. The van der Waals surface area contributed by atoms with Gasteiger partial charge in [-0.2, -0.15) is 5.10 Å². The Morgan fingerprint density at radius 2 is 2.23 bits per heavy atom. The number of nitrogens with zero attached hydrogens (tertiary/aromatic N) is 3. The van der Waals surface area contributed by atoms with Crippen molar-refractivity contribution in [2.24, 2.45) is 5.92 Å². The van der Waals surface area contributed by atoms with Crippen LogP contribution in [0.3, 0.4) is 0 Å². The third-order valence-electron chi connectivity index (χ3n) is 4.97. The second kappa shape index (κ2) is 6.35. The van der Waals surface area contributed by atoms with Crippen LogP contribution in [0.25, 0.3) is 10.9 Å². The lowest BCUT2D eigenvalue weighted by atomic mass is 10.0. The monoisotopic (exact) mass is 420 g/mol. The first kappa shape index (κ1) is 17.5. The molecule has 1 aromatic heterocycles. The van der Waals surface area contributed by atoms with Crippen LogP contribution >= 0.6 is 15.9 Å². The molecular formula is C18H21BrN4O3. The highest BCUT2D eigenvalue weighted by molar-refractivity contribution is 9.10. The summed E-state index contributed by atoms with van der Waals surface area (Å²) in [4.78, 5) is 28.9. The van der Waals surface area contributed by atoms with Crippen molar-refractivity contribution in [3.63, 3.8) is 0 Å². The van der Waals surface area contributed by atoms with Gasteiger partial charge in [-0.1, -0.05) is 15.9 Å². The van der Waals surface area contributed by atoms with Crippen molar-refractivity contribution in [2.45, 2.75) is 25.9 Å².